The highest BCUT2D eigenvalue weighted by atomic mass is 19.1. The fraction of sp³-hybridized carbons (Fsp3) is 0.500. The third-order valence-electron chi connectivity index (χ3n) is 4.73. The molecule has 1 aromatic carbocycles. The summed E-state index contributed by atoms with van der Waals surface area (Å²) in [6.45, 7) is 3.69. The molecule has 3 rings (SSSR count). The molecule has 4 nitrogen and oxygen atoms in total. The Labute approximate surface area is 123 Å². The molecule has 5 heteroatoms. The number of aryl methyl sites for hydroxylation is 1. The molecule has 1 unspecified atom stereocenters. The van der Waals surface area contributed by atoms with E-state index in [9.17, 15) is 14.0 Å². The third kappa shape index (κ3) is 1.79. The van der Waals surface area contributed by atoms with Gasteiger partial charge in [-0.15, -0.1) is 0 Å². The largest absolute Gasteiger partial charge is 0.368 e. The first-order chi connectivity index (χ1) is 9.96. The van der Waals surface area contributed by atoms with E-state index >= 15 is 0 Å². The average Bonchev–Trinajstić information content (AvgIpc) is 3.21. The molecule has 0 radical (unpaired) electrons. The van der Waals surface area contributed by atoms with E-state index in [4.69, 9.17) is 5.73 Å². The van der Waals surface area contributed by atoms with Crippen molar-refractivity contribution in [2.75, 3.05) is 4.90 Å². The Morgan fingerprint density at radius 3 is 2.57 bits per heavy atom. The number of nitrogens with zero attached hydrogens (tertiary/aromatic N) is 1. The van der Waals surface area contributed by atoms with Gasteiger partial charge in [-0.2, -0.15) is 0 Å². The smallest absolute Gasteiger partial charge is 0.240 e. The lowest BCUT2D eigenvalue weighted by Gasteiger charge is -2.25. The van der Waals surface area contributed by atoms with Gasteiger partial charge in [0.15, 0.2) is 0 Å². The van der Waals surface area contributed by atoms with Crippen molar-refractivity contribution in [1.29, 1.82) is 0 Å². The van der Waals surface area contributed by atoms with Crippen LogP contribution in [0, 0.1) is 5.82 Å². The van der Waals surface area contributed by atoms with Crippen LogP contribution < -0.4 is 10.6 Å². The van der Waals surface area contributed by atoms with Crippen LogP contribution in [0.3, 0.4) is 0 Å². The zero-order chi connectivity index (χ0) is 15.4. The molecule has 1 atom stereocenters. The minimum Gasteiger partial charge on any atom is -0.368 e. The van der Waals surface area contributed by atoms with Crippen LogP contribution in [0.4, 0.5) is 10.1 Å². The lowest BCUT2D eigenvalue weighted by Crippen LogP contribution is -2.47. The molecule has 1 saturated carbocycles. The fourth-order valence-electron chi connectivity index (χ4n) is 3.34. The van der Waals surface area contributed by atoms with Crippen LogP contribution >= 0.6 is 0 Å². The van der Waals surface area contributed by atoms with E-state index in [0.29, 0.717) is 24.1 Å². The number of fused-ring (bicyclic) bond motifs is 2. The van der Waals surface area contributed by atoms with Crippen LogP contribution in [0.2, 0.25) is 0 Å². The van der Waals surface area contributed by atoms with Crippen LogP contribution in [0.5, 0.6) is 0 Å². The number of amides is 2. The minimum absolute atomic E-state index is 0.101. The van der Waals surface area contributed by atoms with E-state index in [1.165, 1.54) is 11.0 Å². The summed E-state index contributed by atoms with van der Waals surface area (Å²) >= 11 is 0. The van der Waals surface area contributed by atoms with Gasteiger partial charge < -0.3 is 5.73 Å². The van der Waals surface area contributed by atoms with Crippen molar-refractivity contribution in [2.45, 2.75) is 51.0 Å². The van der Waals surface area contributed by atoms with Gasteiger partial charge in [0.25, 0.3) is 0 Å². The zero-order valence-corrected chi connectivity index (χ0v) is 12.3. The fourth-order valence-corrected chi connectivity index (χ4v) is 3.34. The van der Waals surface area contributed by atoms with E-state index in [0.717, 1.165) is 18.4 Å². The van der Waals surface area contributed by atoms with Gasteiger partial charge >= 0.3 is 0 Å². The summed E-state index contributed by atoms with van der Waals surface area (Å²) in [6, 6.07) is 2.48. The van der Waals surface area contributed by atoms with Crippen molar-refractivity contribution in [2.24, 2.45) is 5.73 Å². The van der Waals surface area contributed by atoms with Crippen LogP contribution in [0.25, 0.3) is 0 Å². The van der Waals surface area contributed by atoms with Crippen molar-refractivity contribution >= 4 is 17.5 Å². The van der Waals surface area contributed by atoms with Crippen molar-refractivity contribution in [3.63, 3.8) is 0 Å². The molecule has 112 valence electrons. The first-order valence-corrected chi connectivity index (χ1v) is 7.42. The van der Waals surface area contributed by atoms with Crippen molar-refractivity contribution in [3.8, 4) is 0 Å². The van der Waals surface area contributed by atoms with Crippen LogP contribution in [-0.4, -0.2) is 17.9 Å². The molecule has 2 aliphatic rings. The second kappa shape index (κ2) is 4.55. The first-order valence-electron chi connectivity index (χ1n) is 7.42. The number of carbonyl (C=O) groups is 2. The number of primary amides is 1. The number of hydrogen-bond acceptors (Lipinski definition) is 2. The Hall–Kier alpha value is -1.91. The second-order valence-corrected chi connectivity index (χ2v) is 5.90. The Kier molecular flexibility index (Phi) is 3.04. The topological polar surface area (TPSA) is 63.4 Å². The Morgan fingerprint density at radius 2 is 2.10 bits per heavy atom. The van der Waals surface area contributed by atoms with Gasteiger partial charge in [-0.1, -0.05) is 13.8 Å². The number of benzene rings is 1. The quantitative estimate of drug-likeness (QED) is 0.922. The maximum absolute atomic E-state index is 14.1. The molecule has 1 aliphatic carbocycles. The predicted molar refractivity (Wildman–Crippen MR) is 77.4 cm³/mol. The Morgan fingerprint density at radius 1 is 1.43 bits per heavy atom. The van der Waals surface area contributed by atoms with Gasteiger partial charge in [0.2, 0.25) is 11.8 Å². The maximum atomic E-state index is 14.1. The summed E-state index contributed by atoms with van der Waals surface area (Å²) in [4.78, 5) is 25.8. The van der Waals surface area contributed by atoms with E-state index in [1.54, 1.807) is 13.0 Å². The molecule has 0 saturated heterocycles. The molecular weight excluding hydrogens is 271 g/mol. The Balaban J connectivity index is 2.17. The predicted octanol–water partition coefficient (Wildman–Crippen LogP) is 2.03. The summed E-state index contributed by atoms with van der Waals surface area (Å²) in [5.74, 6) is -0.976. The maximum Gasteiger partial charge on any atom is 0.240 e. The number of nitrogens with two attached hydrogens (primary N) is 1. The van der Waals surface area contributed by atoms with Crippen molar-refractivity contribution in [3.05, 3.63) is 29.1 Å². The van der Waals surface area contributed by atoms with Crippen LogP contribution in [0.1, 0.15) is 44.2 Å². The lowest BCUT2D eigenvalue weighted by atomic mass is 9.95. The number of anilines is 1. The SMILES string of the molecule is CCc1cc2c(cc1F)N(C(CC)C(N)=O)C(=O)C21CC1. The molecule has 2 N–H and O–H groups in total. The molecule has 1 aliphatic heterocycles. The molecule has 0 aromatic heterocycles. The van der Waals surface area contributed by atoms with Gasteiger partial charge in [0, 0.05) is 0 Å². The van der Waals surface area contributed by atoms with E-state index in [2.05, 4.69) is 0 Å². The number of carbonyl (C=O) groups excluding carboxylic acids is 2. The van der Waals surface area contributed by atoms with Gasteiger partial charge in [-0.3, -0.25) is 14.5 Å². The minimum atomic E-state index is -0.705. The normalized spacial score (nSPS) is 19.8. The first kappa shape index (κ1) is 14.0. The molecule has 1 aromatic rings. The summed E-state index contributed by atoms with van der Waals surface area (Å²) in [5, 5.41) is 0. The summed E-state index contributed by atoms with van der Waals surface area (Å²) in [5.41, 5.74) is 6.90. The van der Waals surface area contributed by atoms with Gasteiger partial charge in [0.05, 0.1) is 11.1 Å². The van der Waals surface area contributed by atoms with Gasteiger partial charge in [0.1, 0.15) is 11.9 Å². The monoisotopic (exact) mass is 290 g/mol. The standard InChI is InChI=1S/C16H19FN2O2/c1-3-9-7-10-13(8-11(9)17)19(12(4-2)14(18)20)15(21)16(10)5-6-16/h7-8,12H,3-6H2,1-2H3,(H2,18,20). The second-order valence-electron chi connectivity index (χ2n) is 5.90. The van der Waals surface area contributed by atoms with Crippen LogP contribution in [0.15, 0.2) is 12.1 Å². The zero-order valence-electron chi connectivity index (χ0n) is 12.3. The number of rotatable bonds is 4. The lowest BCUT2D eigenvalue weighted by molar-refractivity contribution is -0.125. The summed E-state index contributed by atoms with van der Waals surface area (Å²) in [7, 11) is 0. The Bertz CT molecular complexity index is 637. The molecule has 21 heavy (non-hydrogen) atoms. The van der Waals surface area contributed by atoms with E-state index in [-0.39, 0.29) is 11.7 Å². The van der Waals surface area contributed by atoms with Crippen molar-refractivity contribution < 1.29 is 14.0 Å². The molecule has 1 fully saturated rings. The molecule has 2 amide bonds. The number of halogens is 1. The third-order valence-corrected chi connectivity index (χ3v) is 4.73. The van der Waals surface area contributed by atoms with Crippen LogP contribution in [-0.2, 0) is 21.4 Å². The average molecular weight is 290 g/mol. The summed E-state index contributed by atoms with van der Waals surface area (Å²) < 4.78 is 14.1. The summed E-state index contributed by atoms with van der Waals surface area (Å²) in [6.07, 6.45) is 2.53. The molecule has 1 heterocycles. The highest BCUT2D eigenvalue weighted by Crippen LogP contribution is 2.58. The van der Waals surface area contributed by atoms with Gasteiger partial charge in [-0.25, -0.2) is 4.39 Å². The van der Waals surface area contributed by atoms with Gasteiger partial charge in [-0.05, 0) is 48.9 Å². The van der Waals surface area contributed by atoms with E-state index in [1.807, 2.05) is 6.92 Å². The molecule has 0 bridgehead atoms. The molecular formula is C16H19FN2O2. The number of hydrogen-bond donors (Lipinski definition) is 1. The van der Waals surface area contributed by atoms with Crippen molar-refractivity contribution in [1.82, 2.24) is 0 Å². The molecule has 1 spiro atoms. The highest BCUT2D eigenvalue weighted by Gasteiger charge is 2.60. The van der Waals surface area contributed by atoms with E-state index < -0.39 is 17.4 Å². The highest BCUT2D eigenvalue weighted by molar-refractivity contribution is 6.13.